The van der Waals surface area contributed by atoms with Gasteiger partial charge in [-0.25, -0.2) is 9.37 Å². The molecule has 2 aliphatic rings. The second-order valence-electron chi connectivity index (χ2n) is 4.97. The van der Waals surface area contributed by atoms with Gasteiger partial charge in [-0.2, -0.15) is 0 Å². The van der Waals surface area contributed by atoms with Gasteiger partial charge in [-0.05, 0) is 11.9 Å². The van der Waals surface area contributed by atoms with E-state index < -0.39 is 42.4 Å². The summed E-state index contributed by atoms with van der Waals surface area (Å²) in [5.41, 5.74) is 5.26. The lowest BCUT2D eigenvalue weighted by Crippen LogP contribution is -2.65. The predicted octanol–water partition coefficient (Wildman–Crippen LogP) is -2.68. The van der Waals surface area contributed by atoms with Crippen LogP contribution in [-0.4, -0.2) is 83.0 Å². The maximum Gasteiger partial charge on any atom is 0.334 e. The van der Waals surface area contributed by atoms with E-state index in [0.717, 1.165) is 4.90 Å². The van der Waals surface area contributed by atoms with Crippen molar-refractivity contribution in [2.75, 3.05) is 20.6 Å². The van der Waals surface area contributed by atoms with E-state index in [0.29, 0.717) is 0 Å². The predicted molar refractivity (Wildman–Crippen MR) is 75.1 cm³/mol. The smallest absolute Gasteiger partial charge is 0.334 e. The standard InChI is InChI=1S/C12H16N6O4/c1-6(9(13)20)18-5-15-10-8(18)11(21)17(4-7(19)14-2)12(22)16(10)3/h5-6,8H,4H2,1-3H3,(H2-,13,14,19,20)/p+1/t6-,8?/m0/s1. The molecule has 10 heteroatoms. The van der Waals surface area contributed by atoms with Gasteiger partial charge in [0.15, 0.2) is 6.04 Å². The lowest BCUT2D eigenvalue weighted by molar-refractivity contribution is -0.551. The fraction of sp³-hybridized carbons (Fsp3) is 0.500. The number of nitrogens with zero attached hydrogens (tertiary/aromatic N) is 4. The summed E-state index contributed by atoms with van der Waals surface area (Å²) in [5, 5.41) is 2.35. The van der Waals surface area contributed by atoms with Crippen LogP contribution in [0.2, 0.25) is 0 Å². The van der Waals surface area contributed by atoms with Gasteiger partial charge < -0.3 is 11.1 Å². The lowest BCUT2D eigenvalue weighted by atomic mass is 10.1. The van der Waals surface area contributed by atoms with Crippen molar-refractivity contribution in [2.24, 2.45) is 10.7 Å². The topological polar surface area (TPSA) is 128 Å². The summed E-state index contributed by atoms with van der Waals surface area (Å²) < 4.78 is 1.37. The highest BCUT2D eigenvalue weighted by atomic mass is 16.2. The molecule has 0 aromatic carbocycles. The Balaban J connectivity index is 2.34. The molecule has 2 rings (SSSR count). The first-order valence-electron chi connectivity index (χ1n) is 6.57. The molecule has 1 fully saturated rings. The quantitative estimate of drug-likeness (QED) is 0.548. The molecule has 22 heavy (non-hydrogen) atoms. The van der Waals surface area contributed by atoms with Crippen molar-refractivity contribution in [3.05, 3.63) is 0 Å². The minimum atomic E-state index is -0.949. The minimum Gasteiger partial charge on any atom is -0.366 e. The molecule has 10 nitrogen and oxygen atoms in total. The van der Waals surface area contributed by atoms with Crippen molar-refractivity contribution in [3.8, 4) is 0 Å². The number of hydrogen-bond donors (Lipinski definition) is 2. The number of imide groups is 1. The highest BCUT2D eigenvalue weighted by Crippen LogP contribution is 2.19. The van der Waals surface area contributed by atoms with E-state index in [9.17, 15) is 19.2 Å². The van der Waals surface area contributed by atoms with Gasteiger partial charge in [-0.15, -0.1) is 0 Å². The van der Waals surface area contributed by atoms with Crippen LogP contribution in [0.15, 0.2) is 4.99 Å². The molecule has 0 aromatic heterocycles. The molecule has 0 aliphatic carbocycles. The van der Waals surface area contributed by atoms with Gasteiger partial charge in [-0.1, -0.05) is 0 Å². The molecule has 118 valence electrons. The molecular formula is C12H17N6O4+. The molecule has 5 amide bonds. The summed E-state index contributed by atoms with van der Waals surface area (Å²) in [4.78, 5) is 53.6. The minimum absolute atomic E-state index is 0.205. The van der Waals surface area contributed by atoms with Gasteiger partial charge in [0.25, 0.3) is 30.0 Å². The zero-order valence-corrected chi connectivity index (χ0v) is 12.4. The molecule has 0 aromatic rings. The molecule has 0 spiro atoms. The summed E-state index contributed by atoms with van der Waals surface area (Å²) >= 11 is 0. The average molecular weight is 309 g/mol. The number of amides is 5. The van der Waals surface area contributed by atoms with Crippen LogP contribution in [0.3, 0.4) is 0 Å². The highest BCUT2D eigenvalue weighted by Gasteiger charge is 2.53. The van der Waals surface area contributed by atoms with Crippen LogP contribution in [0.4, 0.5) is 4.79 Å². The van der Waals surface area contributed by atoms with Crippen LogP contribution in [0.25, 0.3) is 0 Å². The Labute approximate surface area is 126 Å². The Morgan fingerprint density at radius 3 is 2.68 bits per heavy atom. The zero-order chi connectivity index (χ0) is 16.6. The normalized spacial score (nSPS) is 22.0. The first-order valence-corrected chi connectivity index (χ1v) is 6.57. The number of hydrogen-bond acceptors (Lipinski definition) is 5. The van der Waals surface area contributed by atoms with E-state index in [4.69, 9.17) is 5.73 Å². The largest absolute Gasteiger partial charge is 0.366 e. The van der Waals surface area contributed by atoms with Gasteiger partial charge in [0.1, 0.15) is 6.54 Å². The third-order valence-electron chi connectivity index (χ3n) is 3.67. The fourth-order valence-corrected chi connectivity index (χ4v) is 2.26. The molecule has 0 radical (unpaired) electrons. The number of carbonyl (C=O) groups is 4. The molecule has 0 saturated carbocycles. The maximum absolute atomic E-state index is 12.6. The van der Waals surface area contributed by atoms with E-state index in [1.807, 2.05) is 0 Å². The zero-order valence-electron chi connectivity index (χ0n) is 12.4. The molecular weight excluding hydrogens is 292 g/mol. The number of primary amides is 1. The van der Waals surface area contributed by atoms with E-state index >= 15 is 0 Å². The van der Waals surface area contributed by atoms with Crippen molar-refractivity contribution in [1.29, 1.82) is 0 Å². The number of nitrogens with two attached hydrogens (primary N) is 1. The number of urea groups is 1. The summed E-state index contributed by atoms with van der Waals surface area (Å²) in [6, 6.07) is -2.38. The number of likely N-dealkylation sites (N-methyl/N-ethyl adjacent to an activating group) is 2. The van der Waals surface area contributed by atoms with Crippen LogP contribution in [0.5, 0.6) is 0 Å². The SMILES string of the molecule is CNC(=O)CN1C(=O)C2C(=NC=[N+]2[C@@H](C)C(N)=O)N(C)C1=O. The highest BCUT2D eigenvalue weighted by molar-refractivity contribution is 6.22. The average Bonchev–Trinajstić information content (AvgIpc) is 2.93. The number of amidine groups is 1. The number of fused-ring (bicyclic) bond motifs is 1. The third-order valence-corrected chi connectivity index (χ3v) is 3.67. The fourth-order valence-electron chi connectivity index (χ4n) is 2.26. The summed E-state index contributed by atoms with van der Waals surface area (Å²) in [7, 11) is 2.85. The Hall–Kier alpha value is -2.78. The third kappa shape index (κ3) is 2.32. The monoisotopic (exact) mass is 309 g/mol. The Morgan fingerprint density at radius 2 is 2.14 bits per heavy atom. The molecule has 2 heterocycles. The number of aliphatic imine (C=N–C) groups is 1. The Kier molecular flexibility index (Phi) is 3.93. The summed E-state index contributed by atoms with van der Waals surface area (Å²) in [6.45, 7) is 1.13. The first kappa shape index (κ1) is 15.6. The first-order chi connectivity index (χ1) is 10.3. The molecule has 3 N–H and O–H groups in total. The van der Waals surface area contributed by atoms with E-state index in [1.54, 1.807) is 0 Å². The Morgan fingerprint density at radius 1 is 1.50 bits per heavy atom. The maximum atomic E-state index is 12.6. The summed E-state index contributed by atoms with van der Waals surface area (Å²) in [6.07, 6.45) is 1.31. The van der Waals surface area contributed by atoms with Crippen molar-refractivity contribution < 1.29 is 23.8 Å². The van der Waals surface area contributed by atoms with Crippen molar-refractivity contribution in [1.82, 2.24) is 15.1 Å². The molecule has 2 aliphatic heterocycles. The van der Waals surface area contributed by atoms with Crippen LogP contribution in [0, 0.1) is 0 Å². The second-order valence-corrected chi connectivity index (χ2v) is 4.97. The van der Waals surface area contributed by atoms with E-state index in [1.165, 1.54) is 36.8 Å². The number of carbonyl (C=O) groups excluding carboxylic acids is 4. The second kappa shape index (κ2) is 5.54. The van der Waals surface area contributed by atoms with Crippen LogP contribution in [-0.2, 0) is 14.4 Å². The van der Waals surface area contributed by atoms with Gasteiger partial charge in [0, 0.05) is 14.1 Å². The van der Waals surface area contributed by atoms with Gasteiger partial charge in [-0.3, -0.25) is 24.2 Å². The molecule has 1 saturated heterocycles. The molecule has 0 bridgehead atoms. The van der Waals surface area contributed by atoms with E-state index in [2.05, 4.69) is 10.3 Å². The van der Waals surface area contributed by atoms with Gasteiger partial charge in [0.2, 0.25) is 5.91 Å². The van der Waals surface area contributed by atoms with Crippen molar-refractivity contribution in [2.45, 2.75) is 19.0 Å². The number of nitrogens with one attached hydrogen (secondary N) is 1. The van der Waals surface area contributed by atoms with Gasteiger partial charge in [0.05, 0.1) is 0 Å². The van der Waals surface area contributed by atoms with Gasteiger partial charge >= 0.3 is 6.03 Å². The van der Waals surface area contributed by atoms with Crippen LogP contribution < -0.4 is 11.1 Å². The van der Waals surface area contributed by atoms with Crippen molar-refractivity contribution >= 4 is 35.9 Å². The molecule has 2 atom stereocenters. The van der Waals surface area contributed by atoms with Crippen LogP contribution >= 0.6 is 0 Å². The summed E-state index contributed by atoms with van der Waals surface area (Å²) in [5.74, 6) is -1.52. The van der Waals surface area contributed by atoms with Crippen molar-refractivity contribution in [3.63, 3.8) is 0 Å². The lowest BCUT2D eigenvalue weighted by Gasteiger charge is -2.33. The molecule has 1 unspecified atom stereocenters. The Bertz CT molecular complexity index is 625. The number of rotatable bonds is 4. The van der Waals surface area contributed by atoms with Crippen LogP contribution in [0.1, 0.15) is 6.92 Å². The van der Waals surface area contributed by atoms with E-state index in [-0.39, 0.29) is 5.84 Å².